The maximum absolute atomic E-state index is 13.1. The molecule has 2 N–H and O–H groups in total. The fourth-order valence-electron chi connectivity index (χ4n) is 2.27. The van der Waals surface area contributed by atoms with Gasteiger partial charge in [-0.3, -0.25) is 5.32 Å². The first-order valence-corrected chi connectivity index (χ1v) is 9.54. The Hall–Kier alpha value is -3.02. The molecule has 0 aliphatic carbocycles. The summed E-state index contributed by atoms with van der Waals surface area (Å²) in [7, 11) is -3.57. The van der Waals surface area contributed by atoms with E-state index in [-0.39, 0.29) is 16.5 Å². The first-order chi connectivity index (χ1) is 13.1. The van der Waals surface area contributed by atoms with Crippen molar-refractivity contribution in [2.75, 3.05) is 11.6 Å². The number of sulfone groups is 1. The summed E-state index contributed by atoms with van der Waals surface area (Å²) in [6.45, 7) is 0. The number of ether oxygens (including phenoxy) is 1. The Morgan fingerprint density at radius 1 is 1.21 bits per heavy atom. The Bertz CT molecular complexity index is 1130. The van der Waals surface area contributed by atoms with E-state index in [4.69, 9.17) is 0 Å². The summed E-state index contributed by atoms with van der Waals surface area (Å²) in [5.41, 5.74) is 0.592. The monoisotopic (exact) mass is 417 g/mol. The number of halogens is 4. The van der Waals surface area contributed by atoms with Crippen LogP contribution in [0, 0.1) is 0 Å². The largest absolute Gasteiger partial charge is 0.461 e. The zero-order chi connectivity index (χ0) is 20.5. The summed E-state index contributed by atoms with van der Waals surface area (Å²) in [6.07, 6.45) is -5.03. The molecule has 3 rings (SSSR count). The number of H-pyrrole nitrogens is 1. The normalized spacial score (nSPS) is 12.4. The molecule has 0 bridgehead atoms. The average molecular weight is 417 g/mol. The third-order valence-electron chi connectivity index (χ3n) is 3.53. The van der Waals surface area contributed by atoms with Crippen LogP contribution in [-0.2, 0) is 9.84 Å². The van der Waals surface area contributed by atoms with Gasteiger partial charge in [-0.15, -0.1) is 4.98 Å². The number of nitrogens with one attached hydrogen (secondary N) is 2. The third kappa shape index (κ3) is 4.27. The molecule has 3 aromatic rings. The van der Waals surface area contributed by atoms with Crippen LogP contribution in [0.25, 0.3) is 10.9 Å². The first kappa shape index (κ1) is 19.7. The van der Waals surface area contributed by atoms with E-state index < -0.39 is 28.1 Å². The molecule has 1 aromatic carbocycles. The van der Waals surface area contributed by atoms with E-state index in [2.05, 4.69) is 25.0 Å². The lowest BCUT2D eigenvalue weighted by molar-refractivity contribution is -0.363. The van der Waals surface area contributed by atoms with Crippen LogP contribution in [-0.4, -0.2) is 37.2 Å². The predicted octanol–water partition coefficient (Wildman–Crippen LogP) is 2.83. The molecule has 0 amide bonds. The number of aromatic nitrogens is 3. The molecular weight excluding hydrogens is 404 g/mol. The van der Waals surface area contributed by atoms with E-state index in [1.54, 1.807) is 0 Å². The lowest BCUT2D eigenvalue weighted by Gasteiger charge is -2.17. The maximum atomic E-state index is 13.1. The number of rotatable bonds is 6. The molecule has 0 saturated carbocycles. The average Bonchev–Trinajstić information content (AvgIpc) is 2.60. The number of fused-ring (bicyclic) bond motifs is 1. The number of nitrogens with zero attached hydrogens (tertiary/aromatic N) is 2. The number of hydrogen-bond acceptors (Lipinski definition) is 6. The standard InChI is InChI=1S/C16H12F4N4O3S/c1-28(25,26)13-6-11-12(7-21-13)22-8-23-14(11)24-9-3-2-4-10(5-9)27-16(19,20)15(17)18/h2-8,15H,1H3,(H,22,23,24)/p+1. The molecule has 2 heterocycles. The van der Waals surface area contributed by atoms with Crippen LogP contribution in [0.1, 0.15) is 0 Å². The molecule has 0 aliphatic heterocycles. The van der Waals surface area contributed by atoms with Crippen molar-refractivity contribution in [3.05, 3.63) is 42.9 Å². The Balaban J connectivity index is 1.96. The summed E-state index contributed by atoms with van der Waals surface area (Å²) >= 11 is 0. The summed E-state index contributed by atoms with van der Waals surface area (Å²) in [5.74, 6) is -0.192. The van der Waals surface area contributed by atoms with Crippen molar-refractivity contribution in [3.63, 3.8) is 0 Å². The highest BCUT2D eigenvalue weighted by Crippen LogP contribution is 2.30. The van der Waals surface area contributed by atoms with Gasteiger partial charge in [-0.2, -0.15) is 17.6 Å². The Kier molecular flexibility index (Phi) is 5.06. The van der Waals surface area contributed by atoms with Crippen molar-refractivity contribution in [3.8, 4) is 5.75 Å². The maximum Gasteiger partial charge on any atom is 0.461 e. The smallest absolute Gasteiger partial charge is 0.428 e. The van der Waals surface area contributed by atoms with Gasteiger partial charge in [-0.25, -0.2) is 18.4 Å². The molecule has 7 nitrogen and oxygen atoms in total. The van der Waals surface area contributed by atoms with Crippen molar-refractivity contribution in [1.29, 1.82) is 0 Å². The van der Waals surface area contributed by atoms with Crippen molar-refractivity contribution >= 4 is 32.2 Å². The van der Waals surface area contributed by atoms with E-state index in [0.717, 1.165) is 18.4 Å². The molecule has 0 radical (unpaired) electrons. The summed E-state index contributed by atoms with van der Waals surface area (Å²) in [6, 6.07) is 6.29. The highest BCUT2D eigenvalue weighted by atomic mass is 32.2. The molecule has 0 aliphatic rings. The summed E-state index contributed by atoms with van der Waals surface area (Å²) in [5, 5.41) is 3.03. The zero-order valence-electron chi connectivity index (χ0n) is 14.2. The van der Waals surface area contributed by atoms with Crippen LogP contribution >= 0.6 is 0 Å². The molecule has 148 valence electrons. The van der Waals surface area contributed by atoms with Crippen LogP contribution in [0.15, 0.2) is 47.9 Å². The SMILES string of the molecule is CS(=O)(=O)c1cc2c(Nc3cccc(OC(F)(F)C(F)F)c3)[nH+]cnc2cn1. The van der Waals surface area contributed by atoms with Crippen molar-refractivity contribution in [1.82, 2.24) is 9.97 Å². The number of alkyl halides is 4. The fourth-order valence-corrected chi connectivity index (χ4v) is 2.84. The second kappa shape index (κ2) is 7.19. The number of aromatic amines is 1. The molecule has 0 atom stereocenters. The quantitative estimate of drug-likeness (QED) is 0.620. The van der Waals surface area contributed by atoms with Gasteiger partial charge in [0.05, 0.1) is 17.3 Å². The molecule has 0 spiro atoms. The molecule has 0 fully saturated rings. The Morgan fingerprint density at radius 2 is 1.96 bits per heavy atom. The second-order valence-electron chi connectivity index (χ2n) is 5.71. The van der Waals surface area contributed by atoms with Crippen LogP contribution in [0.2, 0.25) is 0 Å². The van der Waals surface area contributed by atoms with Gasteiger partial charge in [-0.05, 0) is 18.2 Å². The van der Waals surface area contributed by atoms with E-state index in [9.17, 15) is 26.0 Å². The van der Waals surface area contributed by atoms with Crippen molar-refractivity contribution in [2.45, 2.75) is 17.6 Å². The topological polar surface area (TPSA) is 95.3 Å². The summed E-state index contributed by atoms with van der Waals surface area (Å²) in [4.78, 5) is 10.6. The van der Waals surface area contributed by atoms with Crippen LogP contribution in [0.4, 0.5) is 29.1 Å². The van der Waals surface area contributed by atoms with Crippen molar-refractivity contribution < 1.29 is 35.7 Å². The third-order valence-corrected chi connectivity index (χ3v) is 4.51. The Labute approximate surface area is 156 Å². The molecule has 28 heavy (non-hydrogen) atoms. The minimum Gasteiger partial charge on any atom is -0.428 e. The Morgan fingerprint density at radius 3 is 2.64 bits per heavy atom. The lowest BCUT2D eigenvalue weighted by Crippen LogP contribution is -2.33. The zero-order valence-corrected chi connectivity index (χ0v) is 15.0. The van der Waals surface area contributed by atoms with Gasteiger partial charge in [0.2, 0.25) is 12.1 Å². The number of anilines is 2. The molecule has 2 aromatic heterocycles. The first-order valence-electron chi connectivity index (χ1n) is 7.65. The number of pyridine rings is 1. The van der Waals surface area contributed by atoms with Gasteiger partial charge in [0.1, 0.15) is 5.75 Å². The van der Waals surface area contributed by atoms with Gasteiger partial charge in [0.15, 0.2) is 20.4 Å². The van der Waals surface area contributed by atoms with Gasteiger partial charge in [0.25, 0.3) is 0 Å². The van der Waals surface area contributed by atoms with Gasteiger partial charge in [-0.1, -0.05) is 6.07 Å². The fraction of sp³-hybridized carbons (Fsp3) is 0.188. The minimum absolute atomic E-state index is 0.182. The van der Waals surface area contributed by atoms with Crippen LogP contribution in [0.3, 0.4) is 0 Å². The highest BCUT2D eigenvalue weighted by Gasteiger charge is 2.44. The van der Waals surface area contributed by atoms with Gasteiger partial charge in [0, 0.05) is 12.3 Å². The van der Waals surface area contributed by atoms with E-state index in [1.807, 2.05) is 0 Å². The van der Waals surface area contributed by atoms with Crippen molar-refractivity contribution in [2.24, 2.45) is 0 Å². The van der Waals surface area contributed by atoms with Crippen LogP contribution in [0.5, 0.6) is 5.75 Å². The number of hydrogen-bond donors (Lipinski definition) is 1. The second-order valence-corrected chi connectivity index (χ2v) is 7.67. The van der Waals surface area contributed by atoms with E-state index in [1.165, 1.54) is 30.7 Å². The van der Waals surface area contributed by atoms with Gasteiger partial charge >= 0.3 is 12.5 Å². The van der Waals surface area contributed by atoms with E-state index in [0.29, 0.717) is 10.9 Å². The molecule has 12 heteroatoms. The molecule has 0 unspecified atom stereocenters. The highest BCUT2D eigenvalue weighted by molar-refractivity contribution is 7.90. The lowest BCUT2D eigenvalue weighted by atomic mass is 10.2. The minimum atomic E-state index is -4.63. The van der Waals surface area contributed by atoms with Gasteiger partial charge < -0.3 is 4.74 Å². The molecular formula is C16H13F4N4O3S+. The summed E-state index contributed by atoms with van der Waals surface area (Å²) < 4.78 is 78.3. The number of benzene rings is 1. The van der Waals surface area contributed by atoms with Crippen LogP contribution < -0.4 is 15.0 Å². The predicted molar refractivity (Wildman–Crippen MR) is 90.5 cm³/mol. The van der Waals surface area contributed by atoms with E-state index >= 15 is 0 Å². The molecule has 0 saturated heterocycles.